The molecule has 2 rings (SSSR count). The van der Waals surface area contributed by atoms with Crippen LogP contribution < -0.4 is 10.6 Å². The zero-order valence-electron chi connectivity index (χ0n) is 12.8. The Hall–Kier alpha value is -1.79. The van der Waals surface area contributed by atoms with Gasteiger partial charge in [-0.25, -0.2) is 4.79 Å². The average molecular weight is 311 g/mol. The van der Waals surface area contributed by atoms with Gasteiger partial charge in [0.25, 0.3) is 0 Å². The number of carbonyl (C=O) groups excluding carboxylic acids is 2. The van der Waals surface area contributed by atoms with E-state index in [1.807, 2.05) is 4.90 Å². The number of nitrogens with one attached hydrogen (secondary N) is 2. The molecule has 2 aliphatic rings. The first kappa shape index (κ1) is 16.6. The Morgan fingerprint density at radius 3 is 2.50 bits per heavy atom. The average Bonchev–Trinajstić information content (AvgIpc) is 2.95. The lowest BCUT2D eigenvalue weighted by Crippen LogP contribution is -2.45. The molecule has 124 valence electrons. The summed E-state index contributed by atoms with van der Waals surface area (Å²) in [6, 6.07) is -0.407. The Balaban J connectivity index is 1.69. The SMILES string of the molecule is O=C(O)CCNC(=O)NC1CCN(C(=O)C2CCCCC2)C1. The molecule has 1 saturated heterocycles. The van der Waals surface area contributed by atoms with Crippen LogP contribution in [0, 0.1) is 5.92 Å². The second kappa shape index (κ2) is 8.00. The van der Waals surface area contributed by atoms with Crippen LogP contribution in [-0.4, -0.2) is 53.6 Å². The molecule has 0 spiro atoms. The first-order chi connectivity index (χ1) is 10.6. The fraction of sp³-hybridized carbons (Fsp3) is 0.800. The highest BCUT2D eigenvalue weighted by atomic mass is 16.4. The van der Waals surface area contributed by atoms with E-state index in [4.69, 9.17) is 5.11 Å². The molecular weight excluding hydrogens is 286 g/mol. The van der Waals surface area contributed by atoms with Crippen molar-refractivity contribution in [2.45, 2.75) is 51.0 Å². The molecule has 1 saturated carbocycles. The van der Waals surface area contributed by atoms with Gasteiger partial charge in [0, 0.05) is 31.6 Å². The Labute approximate surface area is 130 Å². The summed E-state index contributed by atoms with van der Waals surface area (Å²) in [5.41, 5.74) is 0. The number of carbonyl (C=O) groups is 3. The van der Waals surface area contributed by atoms with Crippen LogP contribution in [-0.2, 0) is 9.59 Å². The van der Waals surface area contributed by atoms with Crippen molar-refractivity contribution in [1.29, 1.82) is 0 Å². The van der Waals surface area contributed by atoms with Gasteiger partial charge < -0.3 is 20.6 Å². The summed E-state index contributed by atoms with van der Waals surface area (Å²) < 4.78 is 0. The van der Waals surface area contributed by atoms with Gasteiger partial charge in [0.15, 0.2) is 0 Å². The number of rotatable bonds is 5. The Kier molecular flexibility index (Phi) is 6.03. The molecule has 1 aliphatic carbocycles. The molecule has 7 heteroatoms. The lowest BCUT2D eigenvalue weighted by atomic mass is 9.88. The van der Waals surface area contributed by atoms with Crippen molar-refractivity contribution >= 4 is 17.9 Å². The van der Waals surface area contributed by atoms with Crippen LogP contribution in [0.15, 0.2) is 0 Å². The second-order valence-electron chi connectivity index (χ2n) is 6.15. The van der Waals surface area contributed by atoms with E-state index >= 15 is 0 Å². The fourth-order valence-corrected chi connectivity index (χ4v) is 3.21. The molecule has 1 atom stereocenters. The zero-order valence-corrected chi connectivity index (χ0v) is 12.8. The van der Waals surface area contributed by atoms with Crippen molar-refractivity contribution in [2.75, 3.05) is 19.6 Å². The van der Waals surface area contributed by atoms with E-state index in [1.54, 1.807) is 0 Å². The molecule has 0 aromatic heterocycles. The minimum Gasteiger partial charge on any atom is -0.481 e. The third-order valence-corrected chi connectivity index (χ3v) is 4.41. The second-order valence-corrected chi connectivity index (χ2v) is 6.15. The number of nitrogens with zero attached hydrogens (tertiary/aromatic N) is 1. The smallest absolute Gasteiger partial charge is 0.315 e. The predicted octanol–water partition coefficient (Wildman–Crippen LogP) is 0.941. The van der Waals surface area contributed by atoms with E-state index in [1.165, 1.54) is 6.42 Å². The number of hydrogen-bond acceptors (Lipinski definition) is 3. The van der Waals surface area contributed by atoms with Gasteiger partial charge in [0.1, 0.15) is 0 Å². The predicted molar refractivity (Wildman–Crippen MR) is 80.3 cm³/mol. The van der Waals surface area contributed by atoms with Crippen molar-refractivity contribution in [3.63, 3.8) is 0 Å². The highest BCUT2D eigenvalue weighted by Gasteiger charge is 2.31. The van der Waals surface area contributed by atoms with Gasteiger partial charge in [-0.1, -0.05) is 19.3 Å². The minimum atomic E-state index is -0.939. The molecule has 1 heterocycles. The maximum atomic E-state index is 12.4. The van der Waals surface area contributed by atoms with Crippen LogP contribution in [0.1, 0.15) is 44.9 Å². The van der Waals surface area contributed by atoms with Crippen molar-refractivity contribution in [1.82, 2.24) is 15.5 Å². The number of carboxylic acid groups (broad SMARTS) is 1. The summed E-state index contributed by atoms with van der Waals surface area (Å²) in [7, 11) is 0. The van der Waals surface area contributed by atoms with Gasteiger partial charge in [-0.2, -0.15) is 0 Å². The molecule has 7 nitrogen and oxygen atoms in total. The lowest BCUT2D eigenvalue weighted by Gasteiger charge is -2.26. The van der Waals surface area contributed by atoms with Crippen LogP contribution in [0.5, 0.6) is 0 Å². The van der Waals surface area contributed by atoms with Gasteiger partial charge in [0.2, 0.25) is 5.91 Å². The van der Waals surface area contributed by atoms with Crippen LogP contribution in [0.4, 0.5) is 4.79 Å². The first-order valence-corrected chi connectivity index (χ1v) is 8.11. The minimum absolute atomic E-state index is 0.0441. The summed E-state index contributed by atoms with van der Waals surface area (Å²) >= 11 is 0. The summed E-state index contributed by atoms with van der Waals surface area (Å²) in [5.74, 6) is -0.544. The monoisotopic (exact) mass is 311 g/mol. The fourth-order valence-electron chi connectivity index (χ4n) is 3.21. The molecule has 0 aromatic carbocycles. The number of amides is 3. The molecular formula is C15H25N3O4. The first-order valence-electron chi connectivity index (χ1n) is 8.11. The van der Waals surface area contributed by atoms with Gasteiger partial charge in [-0.15, -0.1) is 0 Å². The number of aliphatic carboxylic acids is 1. The maximum absolute atomic E-state index is 12.4. The Bertz CT molecular complexity index is 421. The maximum Gasteiger partial charge on any atom is 0.315 e. The molecule has 0 bridgehead atoms. The highest BCUT2D eigenvalue weighted by Crippen LogP contribution is 2.26. The lowest BCUT2D eigenvalue weighted by molar-refractivity contribution is -0.137. The van der Waals surface area contributed by atoms with Crippen molar-refractivity contribution in [3.8, 4) is 0 Å². The molecule has 1 aliphatic heterocycles. The van der Waals surface area contributed by atoms with Crippen LogP contribution >= 0.6 is 0 Å². The van der Waals surface area contributed by atoms with E-state index in [2.05, 4.69) is 10.6 Å². The molecule has 0 radical (unpaired) electrons. The van der Waals surface area contributed by atoms with Crippen LogP contribution in [0.25, 0.3) is 0 Å². The normalized spacial score (nSPS) is 22.4. The van der Waals surface area contributed by atoms with Crippen molar-refractivity contribution in [2.24, 2.45) is 5.92 Å². The number of likely N-dealkylation sites (tertiary alicyclic amines) is 1. The van der Waals surface area contributed by atoms with E-state index in [0.717, 1.165) is 32.1 Å². The molecule has 1 unspecified atom stereocenters. The number of hydrogen-bond donors (Lipinski definition) is 3. The summed E-state index contributed by atoms with van der Waals surface area (Å²) in [6.07, 6.45) is 6.14. The topological polar surface area (TPSA) is 98.7 Å². The van der Waals surface area contributed by atoms with Gasteiger partial charge >= 0.3 is 12.0 Å². The van der Waals surface area contributed by atoms with Crippen LogP contribution in [0.2, 0.25) is 0 Å². The van der Waals surface area contributed by atoms with E-state index in [9.17, 15) is 14.4 Å². The van der Waals surface area contributed by atoms with Crippen LogP contribution in [0.3, 0.4) is 0 Å². The number of carboxylic acids is 1. The van der Waals surface area contributed by atoms with E-state index in [-0.39, 0.29) is 36.9 Å². The Morgan fingerprint density at radius 2 is 1.82 bits per heavy atom. The third kappa shape index (κ3) is 4.89. The van der Waals surface area contributed by atoms with E-state index < -0.39 is 5.97 Å². The zero-order chi connectivity index (χ0) is 15.9. The third-order valence-electron chi connectivity index (χ3n) is 4.41. The van der Waals surface area contributed by atoms with Crippen molar-refractivity contribution < 1.29 is 19.5 Å². The molecule has 0 aromatic rings. The largest absolute Gasteiger partial charge is 0.481 e. The quantitative estimate of drug-likeness (QED) is 0.703. The van der Waals surface area contributed by atoms with Gasteiger partial charge in [-0.3, -0.25) is 9.59 Å². The molecule has 2 fully saturated rings. The summed E-state index contributed by atoms with van der Waals surface area (Å²) in [4.78, 5) is 36.3. The van der Waals surface area contributed by atoms with Crippen molar-refractivity contribution in [3.05, 3.63) is 0 Å². The standard InChI is InChI=1S/C15H25N3O4/c19-13(20)6-8-16-15(22)17-12-7-9-18(10-12)14(21)11-4-2-1-3-5-11/h11-12H,1-10H2,(H,19,20)(H2,16,17,22). The van der Waals surface area contributed by atoms with Gasteiger partial charge in [0.05, 0.1) is 6.42 Å². The number of urea groups is 1. The highest BCUT2D eigenvalue weighted by molar-refractivity contribution is 5.80. The molecule has 3 amide bonds. The Morgan fingerprint density at radius 1 is 1.09 bits per heavy atom. The van der Waals surface area contributed by atoms with Gasteiger partial charge in [-0.05, 0) is 19.3 Å². The molecule has 22 heavy (non-hydrogen) atoms. The summed E-state index contributed by atoms with van der Waals surface area (Å²) in [6.45, 7) is 1.36. The molecule has 3 N–H and O–H groups in total. The summed E-state index contributed by atoms with van der Waals surface area (Å²) in [5, 5.41) is 13.8. The van der Waals surface area contributed by atoms with E-state index in [0.29, 0.717) is 13.1 Å².